The van der Waals surface area contributed by atoms with Crippen molar-refractivity contribution in [1.29, 1.82) is 0 Å². The summed E-state index contributed by atoms with van der Waals surface area (Å²) in [7, 11) is 2.03. The Labute approximate surface area is 84.7 Å². The van der Waals surface area contributed by atoms with Crippen molar-refractivity contribution in [3.8, 4) is 0 Å². The van der Waals surface area contributed by atoms with Gasteiger partial charge in [-0.05, 0) is 20.9 Å². The van der Waals surface area contributed by atoms with Gasteiger partial charge in [0, 0.05) is 11.6 Å². The zero-order valence-corrected chi connectivity index (χ0v) is 8.99. The molecule has 1 unspecified atom stereocenters. The van der Waals surface area contributed by atoms with Crippen LogP contribution >= 0.6 is 0 Å². The van der Waals surface area contributed by atoms with E-state index in [0.717, 1.165) is 13.2 Å². The number of likely N-dealkylation sites (N-methyl/N-ethyl adjacent to an activating group) is 1. The van der Waals surface area contributed by atoms with Crippen LogP contribution in [0.2, 0.25) is 0 Å². The second-order valence-electron chi connectivity index (χ2n) is 3.81. The number of hydrogen-bond donors (Lipinski definition) is 1. The lowest BCUT2D eigenvalue weighted by molar-refractivity contribution is -0.114. The van der Waals surface area contributed by atoms with Crippen LogP contribution in [0.1, 0.15) is 13.8 Å². The third kappa shape index (κ3) is 2.56. The molecule has 0 aromatic heterocycles. The number of hydrogen-bond acceptors (Lipinski definition) is 3. The summed E-state index contributed by atoms with van der Waals surface area (Å²) in [6.45, 7) is 5.35. The molecule has 2 N–H and O–H groups in total. The van der Waals surface area contributed by atoms with E-state index in [0.29, 0.717) is 11.6 Å². The summed E-state index contributed by atoms with van der Waals surface area (Å²) < 4.78 is 5.10. The highest BCUT2D eigenvalue weighted by Crippen LogP contribution is 2.13. The second-order valence-corrected chi connectivity index (χ2v) is 3.81. The molecular weight excluding hydrogens is 180 g/mol. The lowest BCUT2D eigenvalue weighted by Crippen LogP contribution is -2.50. The standard InChI is InChI=1S/C10H18N2O2/c1-7(10(11)13)4-8(2)12(3)9-5-14-6-9/h4,8-9H,5-6H2,1-3H3,(H2,11,13)/b7-4+. The predicted octanol–water partition coefficient (Wildman–Crippen LogP) is 0.137. The average Bonchev–Trinajstić information content (AvgIpc) is 2.00. The topological polar surface area (TPSA) is 55.6 Å². The maximum absolute atomic E-state index is 10.8. The SMILES string of the molecule is C/C(=C\C(C)N(C)C1COC1)C(N)=O. The fraction of sp³-hybridized carbons (Fsp3) is 0.700. The third-order valence-electron chi connectivity index (χ3n) is 2.72. The van der Waals surface area contributed by atoms with Crippen LogP contribution in [0, 0.1) is 0 Å². The molecule has 1 fully saturated rings. The minimum Gasteiger partial charge on any atom is -0.378 e. The Morgan fingerprint density at radius 3 is 2.57 bits per heavy atom. The van der Waals surface area contributed by atoms with Gasteiger partial charge in [0.25, 0.3) is 0 Å². The van der Waals surface area contributed by atoms with Crippen molar-refractivity contribution in [3.05, 3.63) is 11.6 Å². The average molecular weight is 198 g/mol. The van der Waals surface area contributed by atoms with Crippen molar-refractivity contribution in [2.75, 3.05) is 20.3 Å². The molecule has 1 aliphatic rings. The Morgan fingerprint density at radius 1 is 1.64 bits per heavy atom. The first kappa shape index (κ1) is 11.2. The van der Waals surface area contributed by atoms with E-state index in [2.05, 4.69) is 4.90 Å². The number of amides is 1. The quantitative estimate of drug-likeness (QED) is 0.654. The number of carbonyl (C=O) groups excluding carboxylic acids is 1. The van der Waals surface area contributed by atoms with Crippen LogP contribution in [0.4, 0.5) is 0 Å². The van der Waals surface area contributed by atoms with Crippen molar-refractivity contribution in [3.63, 3.8) is 0 Å². The van der Waals surface area contributed by atoms with E-state index in [1.807, 2.05) is 20.0 Å². The Kier molecular flexibility index (Phi) is 3.66. The summed E-state index contributed by atoms with van der Waals surface area (Å²) in [5, 5.41) is 0. The van der Waals surface area contributed by atoms with E-state index in [9.17, 15) is 4.79 Å². The van der Waals surface area contributed by atoms with Gasteiger partial charge in [0.2, 0.25) is 5.91 Å². The first-order valence-electron chi connectivity index (χ1n) is 4.80. The van der Waals surface area contributed by atoms with E-state index < -0.39 is 0 Å². The minimum atomic E-state index is -0.352. The van der Waals surface area contributed by atoms with Crippen molar-refractivity contribution in [1.82, 2.24) is 4.90 Å². The lowest BCUT2D eigenvalue weighted by atomic mass is 10.1. The maximum Gasteiger partial charge on any atom is 0.244 e. The zero-order chi connectivity index (χ0) is 10.7. The van der Waals surface area contributed by atoms with Crippen LogP contribution < -0.4 is 5.73 Å². The van der Waals surface area contributed by atoms with Crippen molar-refractivity contribution >= 4 is 5.91 Å². The molecule has 0 bridgehead atoms. The molecule has 1 amide bonds. The van der Waals surface area contributed by atoms with Crippen LogP contribution in [0.3, 0.4) is 0 Å². The first-order valence-corrected chi connectivity index (χ1v) is 4.80. The molecule has 1 heterocycles. The fourth-order valence-corrected chi connectivity index (χ4v) is 1.35. The molecule has 80 valence electrons. The molecule has 1 atom stereocenters. The van der Waals surface area contributed by atoms with Gasteiger partial charge in [0.1, 0.15) is 0 Å². The molecule has 1 aliphatic heterocycles. The van der Waals surface area contributed by atoms with Gasteiger partial charge in [0.05, 0.1) is 19.3 Å². The first-order chi connectivity index (χ1) is 6.52. The molecular formula is C10H18N2O2. The third-order valence-corrected chi connectivity index (χ3v) is 2.72. The van der Waals surface area contributed by atoms with Crippen molar-refractivity contribution in [2.24, 2.45) is 5.73 Å². The molecule has 4 nitrogen and oxygen atoms in total. The Bertz CT molecular complexity index is 247. The van der Waals surface area contributed by atoms with E-state index in [1.54, 1.807) is 6.92 Å². The number of primary amides is 1. The molecule has 0 spiro atoms. The van der Waals surface area contributed by atoms with Gasteiger partial charge < -0.3 is 10.5 Å². The predicted molar refractivity (Wildman–Crippen MR) is 54.8 cm³/mol. The van der Waals surface area contributed by atoms with Crippen LogP contribution in [0.25, 0.3) is 0 Å². The molecule has 0 aromatic carbocycles. The van der Waals surface area contributed by atoms with Gasteiger partial charge in [-0.25, -0.2) is 0 Å². The summed E-state index contributed by atoms with van der Waals surface area (Å²) in [5.74, 6) is -0.352. The summed E-state index contributed by atoms with van der Waals surface area (Å²) in [4.78, 5) is 13.0. The lowest BCUT2D eigenvalue weighted by Gasteiger charge is -2.37. The molecule has 1 rings (SSSR count). The monoisotopic (exact) mass is 198 g/mol. The van der Waals surface area contributed by atoms with E-state index in [-0.39, 0.29) is 11.9 Å². The number of rotatable bonds is 4. The minimum absolute atomic E-state index is 0.219. The van der Waals surface area contributed by atoms with Crippen molar-refractivity contribution < 1.29 is 9.53 Å². The molecule has 4 heteroatoms. The fourth-order valence-electron chi connectivity index (χ4n) is 1.35. The number of ether oxygens (including phenoxy) is 1. The van der Waals surface area contributed by atoms with Crippen LogP contribution in [0.5, 0.6) is 0 Å². The normalized spacial score (nSPS) is 20.7. The highest BCUT2D eigenvalue weighted by molar-refractivity contribution is 5.91. The smallest absolute Gasteiger partial charge is 0.244 e. The number of nitrogens with zero attached hydrogens (tertiary/aromatic N) is 1. The molecule has 0 aliphatic carbocycles. The van der Waals surface area contributed by atoms with Gasteiger partial charge in [-0.2, -0.15) is 0 Å². The van der Waals surface area contributed by atoms with Crippen LogP contribution in [-0.4, -0.2) is 43.2 Å². The summed E-state index contributed by atoms with van der Waals surface area (Å²) in [6, 6.07) is 0.693. The second kappa shape index (κ2) is 4.57. The van der Waals surface area contributed by atoms with Gasteiger partial charge in [-0.15, -0.1) is 0 Å². The summed E-state index contributed by atoms with van der Waals surface area (Å²) in [6.07, 6.45) is 1.89. The Hall–Kier alpha value is -0.870. The molecule has 0 saturated carbocycles. The highest BCUT2D eigenvalue weighted by Gasteiger charge is 2.25. The zero-order valence-electron chi connectivity index (χ0n) is 8.99. The highest BCUT2D eigenvalue weighted by atomic mass is 16.5. The van der Waals surface area contributed by atoms with Crippen LogP contribution in [0.15, 0.2) is 11.6 Å². The molecule has 1 saturated heterocycles. The largest absolute Gasteiger partial charge is 0.378 e. The van der Waals surface area contributed by atoms with Crippen molar-refractivity contribution in [2.45, 2.75) is 25.9 Å². The van der Waals surface area contributed by atoms with E-state index >= 15 is 0 Å². The Balaban J connectivity index is 2.51. The van der Waals surface area contributed by atoms with Crippen LogP contribution in [-0.2, 0) is 9.53 Å². The summed E-state index contributed by atoms with van der Waals surface area (Å²) >= 11 is 0. The van der Waals surface area contributed by atoms with Gasteiger partial charge in [-0.1, -0.05) is 6.08 Å². The molecule has 14 heavy (non-hydrogen) atoms. The molecule has 0 radical (unpaired) electrons. The molecule has 0 aromatic rings. The Morgan fingerprint density at radius 2 is 2.21 bits per heavy atom. The number of carbonyl (C=O) groups is 1. The summed E-state index contributed by atoms with van der Waals surface area (Å²) in [5.41, 5.74) is 5.77. The van der Waals surface area contributed by atoms with Gasteiger partial charge >= 0.3 is 0 Å². The van der Waals surface area contributed by atoms with E-state index in [1.165, 1.54) is 0 Å². The van der Waals surface area contributed by atoms with E-state index in [4.69, 9.17) is 10.5 Å². The van der Waals surface area contributed by atoms with Gasteiger partial charge in [0.15, 0.2) is 0 Å². The van der Waals surface area contributed by atoms with Gasteiger partial charge in [-0.3, -0.25) is 9.69 Å². The maximum atomic E-state index is 10.8. The number of nitrogens with two attached hydrogens (primary N) is 1.